The van der Waals surface area contributed by atoms with Crippen molar-refractivity contribution in [2.24, 2.45) is 4.99 Å². The zero-order valence-corrected chi connectivity index (χ0v) is 20.7. The van der Waals surface area contributed by atoms with Crippen molar-refractivity contribution in [3.8, 4) is 0 Å². The SMILES string of the molecule is CN=C(NCc1ccc(C)c(F)c1)N1CCN(S(=O)(=O)CCOC(C)C)CC1.I. The first-order valence-corrected chi connectivity index (χ1v) is 11.1. The van der Waals surface area contributed by atoms with Gasteiger partial charge in [0.2, 0.25) is 10.0 Å². The molecule has 0 aliphatic carbocycles. The number of nitrogens with zero attached hydrogens (tertiary/aromatic N) is 3. The molecule has 1 aromatic rings. The van der Waals surface area contributed by atoms with Gasteiger partial charge in [0.15, 0.2) is 5.96 Å². The number of benzene rings is 1. The van der Waals surface area contributed by atoms with Crippen LogP contribution in [0.4, 0.5) is 4.39 Å². The summed E-state index contributed by atoms with van der Waals surface area (Å²) >= 11 is 0. The number of rotatable bonds is 7. The predicted molar refractivity (Wildman–Crippen MR) is 125 cm³/mol. The third-order valence-corrected chi connectivity index (χ3v) is 6.46. The molecule has 0 saturated carbocycles. The van der Waals surface area contributed by atoms with E-state index in [9.17, 15) is 12.8 Å². The van der Waals surface area contributed by atoms with Gasteiger partial charge in [-0.3, -0.25) is 4.99 Å². The number of sulfonamides is 1. The number of piperazine rings is 1. The summed E-state index contributed by atoms with van der Waals surface area (Å²) in [5.74, 6) is 0.452. The molecular formula is C19H32FIN4O3S. The van der Waals surface area contributed by atoms with Gasteiger partial charge in [-0.2, -0.15) is 4.31 Å². The monoisotopic (exact) mass is 542 g/mol. The molecule has 29 heavy (non-hydrogen) atoms. The largest absolute Gasteiger partial charge is 0.378 e. The van der Waals surface area contributed by atoms with Crippen LogP contribution in [0.2, 0.25) is 0 Å². The maximum Gasteiger partial charge on any atom is 0.216 e. The Bertz CT molecular complexity index is 782. The molecule has 1 aliphatic rings. The Hall–Kier alpha value is -0.980. The van der Waals surface area contributed by atoms with E-state index in [0.29, 0.717) is 44.2 Å². The quantitative estimate of drug-likeness (QED) is 0.325. The molecular weight excluding hydrogens is 510 g/mol. The van der Waals surface area contributed by atoms with E-state index in [2.05, 4.69) is 10.3 Å². The third kappa shape index (κ3) is 7.99. The Morgan fingerprint density at radius 1 is 1.28 bits per heavy atom. The number of guanidine groups is 1. The lowest BCUT2D eigenvalue weighted by atomic mass is 10.1. The molecule has 0 radical (unpaired) electrons. The molecule has 166 valence electrons. The maximum atomic E-state index is 13.7. The van der Waals surface area contributed by atoms with Crippen molar-refractivity contribution >= 4 is 40.0 Å². The van der Waals surface area contributed by atoms with Crippen molar-refractivity contribution in [1.82, 2.24) is 14.5 Å². The van der Waals surface area contributed by atoms with E-state index in [1.807, 2.05) is 24.8 Å². The molecule has 1 saturated heterocycles. The number of ether oxygens (including phenoxy) is 1. The van der Waals surface area contributed by atoms with E-state index in [1.54, 1.807) is 20.0 Å². The molecule has 1 heterocycles. The molecule has 2 rings (SSSR count). The number of halogens is 2. The molecule has 0 spiro atoms. The molecule has 0 aromatic heterocycles. The molecule has 10 heteroatoms. The van der Waals surface area contributed by atoms with Crippen LogP contribution in [0, 0.1) is 12.7 Å². The van der Waals surface area contributed by atoms with Gasteiger partial charge in [-0.05, 0) is 38.0 Å². The van der Waals surface area contributed by atoms with E-state index in [-0.39, 0.29) is 48.3 Å². The van der Waals surface area contributed by atoms with Gasteiger partial charge in [0.05, 0.1) is 18.5 Å². The summed E-state index contributed by atoms with van der Waals surface area (Å²) in [6, 6.07) is 5.14. The first kappa shape index (κ1) is 26.1. The summed E-state index contributed by atoms with van der Waals surface area (Å²) in [6.07, 6.45) is 0.0171. The predicted octanol–water partition coefficient (Wildman–Crippen LogP) is 2.20. The smallest absolute Gasteiger partial charge is 0.216 e. The number of hydrogen-bond acceptors (Lipinski definition) is 4. The van der Waals surface area contributed by atoms with Crippen molar-refractivity contribution in [1.29, 1.82) is 0 Å². The summed E-state index contributed by atoms with van der Waals surface area (Å²) in [6.45, 7) is 8.07. The van der Waals surface area contributed by atoms with E-state index in [1.165, 1.54) is 10.4 Å². The normalized spacial score (nSPS) is 16.1. The average Bonchev–Trinajstić information content (AvgIpc) is 2.65. The number of aryl methyl sites for hydroxylation is 1. The van der Waals surface area contributed by atoms with Gasteiger partial charge in [0.25, 0.3) is 0 Å². The fourth-order valence-corrected chi connectivity index (χ4v) is 4.24. The van der Waals surface area contributed by atoms with Crippen LogP contribution in [0.15, 0.2) is 23.2 Å². The van der Waals surface area contributed by atoms with Crippen molar-refractivity contribution in [3.63, 3.8) is 0 Å². The first-order chi connectivity index (χ1) is 13.2. The van der Waals surface area contributed by atoms with Crippen LogP contribution in [0.25, 0.3) is 0 Å². The molecule has 0 atom stereocenters. The lowest BCUT2D eigenvalue weighted by molar-refractivity contribution is 0.0904. The Balaban J connectivity index is 0.00000420. The fourth-order valence-electron chi connectivity index (χ4n) is 2.96. The Labute approximate surface area is 190 Å². The second-order valence-corrected chi connectivity index (χ2v) is 9.19. The van der Waals surface area contributed by atoms with E-state index < -0.39 is 10.0 Å². The van der Waals surface area contributed by atoms with Gasteiger partial charge in [0, 0.05) is 39.8 Å². The van der Waals surface area contributed by atoms with Crippen molar-refractivity contribution in [2.75, 3.05) is 45.6 Å². The zero-order chi connectivity index (χ0) is 20.7. The van der Waals surface area contributed by atoms with Crippen LogP contribution in [0.3, 0.4) is 0 Å². The average molecular weight is 542 g/mol. The van der Waals surface area contributed by atoms with Crippen LogP contribution in [0.5, 0.6) is 0 Å². The van der Waals surface area contributed by atoms with Crippen LogP contribution < -0.4 is 5.32 Å². The Morgan fingerprint density at radius 3 is 2.48 bits per heavy atom. The van der Waals surface area contributed by atoms with Crippen LogP contribution >= 0.6 is 24.0 Å². The molecule has 1 aliphatic heterocycles. The topological polar surface area (TPSA) is 74.2 Å². The number of nitrogens with one attached hydrogen (secondary N) is 1. The minimum Gasteiger partial charge on any atom is -0.378 e. The highest BCUT2D eigenvalue weighted by molar-refractivity contribution is 14.0. The number of aliphatic imine (C=N–C) groups is 1. The van der Waals surface area contributed by atoms with Gasteiger partial charge >= 0.3 is 0 Å². The minimum absolute atomic E-state index is 0. The van der Waals surface area contributed by atoms with E-state index in [0.717, 1.165) is 5.56 Å². The minimum atomic E-state index is -3.32. The lowest BCUT2D eigenvalue weighted by Gasteiger charge is -2.35. The fraction of sp³-hybridized carbons (Fsp3) is 0.632. The van der Waals surface area contributed by atoms with Crippen LogP contribution in [-0.2, 0) is 21.3 Å². The highest BCUT2D eigenvalue weighted by Gasteiger charge is 2.28. The lowest BCUT2D eigenvalue weighted by Crippen LogP contribution is -2.54. The summed E-state index contributed by atoms with van der Waals surface area (Å²) in [5.41, 5.74) is 1.44. The highest BCUT2D eigenvalue weighted by atomic mass is 127. The van der Waals surface area contributed by atoms with E-state index >= 15 is 0 Å². The molecule has 0 bridgehead atoms. The zero-order valence-electron chi connectivity index (χ0n) is 17.5. The van der Waals surface area contributed by atoms with Gasteiger partial charge < -0.3 is 15.0 Å². The third-order valence-electron chi connectivity index (χ3n) is 4.62. The number of hydrogen-bond donors (Lipinski definition) is 1. The molecule has 0 unspecified atom stereocenters. The standard InChI is InChI=1S/C19H31FN4O3S.HI/c1-15(2)27-11-12-28(25,26)24-9-7-23(8-10-24)19(21-4)22-14-17-6-5-16(3)18(20)13-17;/h5-6,13,15H,7-12,14H2,1-4H3,(H,21,22);1H. The van der Waals surface area contributed by atoms with Gasteiger partial charge in [0.1, 0.15) is 5.82 Å². The highest BCUT2D eigenvalue weighted by Crippen LogP contribution is 2.11. The van der Waals surface area contributed by atoms with Crippen LogP contribution in [0.1, 0.15) is 25.0 Å². The summed E-state index contributed by atoms with van der Waals surface area (Å²) in [5, 5.41) is 3.22. The molecule has 0 amide bonds. The van der Waals surface area contributed by atoms with Crippen LogP contribution in [-0.4, -0.2) is 75.3 Å². The van der Waals surface area contributed by atoms with Crippen molar-refractivity contribution in [2.45, 2.75) is 33.4 Å². The molecule has 1 fully saturated rings. The molecule has 1 N–H and O–H groups in total. The second kappa shape index (κ2) is 12.0. The summed E-state index contributed by atoms with van der Waals surface area (Å²) in [7, 11) is -1.63. The first-order valence-electron chi connectivity index (χ1n) is 9.53. The Morgan fingerprint density at radius 2 is 1.93 bits per heavy atom. The summed E-state index contributed by atoms with van der Waals surface area (Å²) < 4.78 is 45.4. The second-order valence-electron chi connectivity index (χ2n) is 7.11. The van der Waals surface area contributed by atoms with E-state index in [4.69, 9.17) is 4.74 Å². The maximum absolute atomic E-state index is 13.7. The van der Waals surface area contributed by atoms with Crippen molar-refractivity contribution in [3.05, 3.63) is 35.1 Å². The Kier molecular flexibility index (Phi) is 10.8. The summed E-state index contributed by atoms with van der Waals surface area (Å²) in [4.78, 5) is 6.29. The van der Waals surface area contributed by atoms with Gasteiger partial charge in [-0.25, -0.2) is 12.8 Å². The molecule has 1 aromatic carbocycles. The molecule has 7 nitrogen and oxygen atoms in total. The van der Waals surface area contributed by atoms with Crippen molar-refractivity contribution < 1.29 is 17.5 Å². The van der Waals surface area contributed by atoms with Gasteiger partial charge in [-0.1, -0.05) is 12.1 Å². The van der Waals surface area contributed by atoms with Gasteiger partial charge in [-0.15, -0.1) is 24.0 Å².